The van der Waals surface area contributed by atoms with Crippen molar-refractivity contribution < 1.29 is 11.9 Å². The van der Waals surface area contributed by atoms with Gasteiger partial charge >= 0.3 is 0 Å². The van der Waals surface area contributed by atoms with E-state index in [1.54, 1.807) is 43.0 Å². The van der Waals surface area contributed by atoms with Gasteiger partial charge < -0.3 is 15.0 Å². The van der Waals surface area contributed by atoms with Crippen LogP contribution in [0.1, 0.15) is 30.7 Å². The largest absolute Gasteiger partial charge is 0.493 e. The SMILES string of the molecule is [2H]C([2H])(c1ccc(-c2cnc(NCc3c(F)ccc4c3CCO4)n3cc(C#N)nc23)c(C)c1)N(C)C. The third-order valence-corrected chi connectivity index (χ3v) is 5.84. The maximum Gasteiger partial charge on any atom is 0.208 e. The van der Waals surface area contributed by atoms with Crippen molar-refractivity contribution in [3.05, 3.63) is 76.5 Å². The Morgan fingerprint density at radius 1 is 1.29 bits per heavy atom. The number of hydrogen-bond acceptors (Lipinski definition) is 6. The zero-order valence-corrected chi connectivity index (χ0v) is 19.2. The molecule has 0 bridgehead atoms. The molecule has 2 aromatic heterocycles. The van der Waals surface area contributed by atoms with Crippen molar-refractivity contribution in [2.75, 3.05) is 26.0 Å². The van der Waals surface area contributed by atoms with E-state index in [9.17, 15) is 9.65 Å². The summed E-state index contributed by atoms with van der Waals surface area (Å²) in [7, 11) is 3.39. The van der Waals surface area contributed by atoms with Crippen LogP contribution in [0.3, 0.4) is 0 Å². The number of imidazole rings is 1. The number of ether oxygens (including phenoxy) is 1. The number of hydrogen-bond donors (Lipinski definition) is 1. The number of rotatable bonds is 6. The zero-order chi connectivity index (χ0) is 25.6. The predicted octanol–water partition coefficient (Wildman–Crippen LogP) is 4.32. The van der Waals surface area contributed by atoms with Gasteiger partial charge in [-0.2, -0.15) is 5.26 Å². The van der Waals surface area contributed by atoms with Gasteiger partial charge in [0.1, 0.15) is 17.6 Å². The third kappa shape index (κ3) is 3.95. The smallest absolute Gasteiger partial charge is 0.208 e. The molecule has 172 valence electrons. The minimum absolute atomic E-state index is 0.202. The fourth-order valence-electron chi connectivity index (χ4n) is 4.32. The highest BCUT2D eigenvalue weighted by Crippen LogP contribution is 2.32. The number of anilines is 1. The lowest BCUT2D eigenvalue weighted by molar-refractivity contribution is 0.356. The normalized spacial score (nSPS) is 13.9. The molecule has 5 rings (SSSR count). The highest BCUT2D eigenvalue weighted by atomic mass is 19.1. The summed E-state index contributed by atoms with van der Waals surface area (Å²) in [5.74, 6) is 0.821. The van der Waals surface area contributed by atoms with Gasteiger partial charge in [0, 0.05) is 45.1 Å². The first-order chi connectivity index (χ1) is 17.2. The van der Waals surface area contributed by atoms with Gasteiger partial charge in [0.15, 0.2) is 11.3 Å². The number of nitriles is 1. The molecule has 7 nitrogen and oxygen atoms in total. The molecule has 0 saturated carbocycles. The molecule has 0 spiro atoms. The van der Waals surface area contributed by atoms with Crippen LogP contribution in [-0.4, -0.2) is 40.0 Å². The van der Waals surface area contributed by atoms with Crippen LogP contribution in [0.5, 0.6) is 5.75 Å². The minimum atomic E-state index is -1.62. The quantitative estimate of drug-likeness (QED) is 0.464. The molecule has 0 aliphatic carbocycles. The fourth-order valence-corrected chi connectivity index (χ4v) is 4.32. The standard InChI is InChI=1S/C26H25FN6O/c1-16-10-17(14-32(2)3)4-5-19(16)22-13-30-26(33-15-18(11-28)31-25(22)33)29-12-21-20-8-9-34-24(20)7-6-23(21)27/h4-7,10,13,15H,8-9,12,14H2,1-3H3,(H,29,30)/i14D2. The van der Waals surface area contributed by atoms with Gasteiger partial charge in [-0.25, -0.2) is 14.4 Å². The minimum Gasteiger partial charge on any atom is -0.493 e. The Morgan fingerprint density at radius 3 is 2.91 bits per heavy atom. The molecule has 1 N–H and O–H groups in total. The number of fused-ring (bicyclic) bond motifs is 2. The van der Waals surface area contributed by atoms with Crippen molar-refractivity contribution in [3.63, 3.8) is 0 Å². The average molecular weight is 459 g/mol. The van der Waals surface area contributed by atoms with Crippen LogP contribution in [0.2, 0.25) is 0 Å². The molecule has 4 aromatic rings. The van der Waals surface area contributed by atoms with E-state index in [1.807, 2.05) is 19.1 Å². The van der Waals surface area contributed by atoms with Gasteiger partial charge in [-0.15, -0.1) is 0 Å². The van der Waals surface area contributed by atoms with Gasteiger partial charge in [-0.1, -0.05) is 18.2 Å². The second kappa shape index (κ2) is 8.76. The molecule has 3 heterocycles. The Labute approximate surface area is 200 Å². The van der Waals surface area contributed by atoms with E-state index in [4.69, 9.17) is 7.48 Å². The Kier molecular flexibility index (Phi) is 5.03. The lowest BCUT2D eigenvalue weighted by Gasteiger charge is -2.15. The van der Waals surface area contributed by atoms with Crippen molar-refractivity contribution in [2.24, 2.45) is 0 Å². The fraction of sp³-hybridized carbons (Fsp3) is 0.269. The van der Waals surface area contributed by atoms with Crippen LogP contribution in [0.4, 0.5) is 10.3 Å². The molecule has 0 atom stereocenters. The van der Waals surface area contributed by atoms with Crippen LogP contribution in [0, 0.1) is 24.1 Å². The Morgan fingerprint density at radius 2 is 2.15 bits per heavy atom. The number of aromatic nitrogens is 3. The summed E-state index contributed by atoms with van der Waals surface area (Å²) in [6.07, 6.45) is 3.91. The number of halogens is 1. The maximum atomic E-state index is 14.6. The van der Waals surface area contributed by atoms with Crippen molar-refractivity contribution in [1.29, 1.82) is 5.26 Å². The molecule has 0 amide bonds. The molecule has 0 unspecified atom stereocenters. The Bertz CT molecular complexity index is 1530. The molecular formula is C26H25FN6O. The van der Waals surface area contributed by atoms with Crippen molar-refractivity contribution >= 4 is 11.6 Å². The Balaban J connectivity index is 1.53. The van der Waals surface area contributed by atoms with E-state index in [1.165, 1.54) is 11.0 Å². The summed E-state index contributed by atoms with van der Waals surface area (Å²) in [6, 6.07) is 10.5. The van der Waals surface area contributed by atoms with E-state index in [-0.39, 0.29) is 18.1 Å². The molecule has 0 radical (unpaired) electrons. The van der Waals surface area contributed by atoms with E-state index >= 15 is 0 Å². The summed E-state index contributed by atoms with van der Waals surface area (Å²) >= 11 is 0. The van der Waals surface area contributed by atoms with Crippen LogP contribution in [0.15, 0.2) is 42.7 Å². The predicted molar refractivity (Wildman–Crippen MR) is 128 cm³/mol. The lowest BCUT2D eigenvalue weighted by atomic mass is 10.00. The topological polar surface area (TPSA) is 78.5 Å². The van der Waals surface area contributed by atoms with Gasteiger partial charge in [0.2, 0.25) is 5.95 Å². The number of nitrogens with zero attached hydrogens (tertiary/aromatic N) is 5. The summed E-state index contributed by atoms with van der Waals surface area (Å²) in [5.41, 5.74) is 5.07. The van der Waals surface area contributed by atoms with E-state index in [0.29, 0.717) is 47.1 Å². The number of nitrogens with one attached hydrogen (secondary N) is 1. The zero-order valence-electron chi connectivity index (χ0n) is 21.2. The molecule has 0 fully saturated rings. The molecule has 2 aromatic carbocycles. The average Bonchev–Trinajstić information content (AvgIpc) is 3.51. The van der Waals surface area contributed by atoms with Crippen LogP contribution >= 0.6 is 0 Å². The summed E-state index contributed by atoms with van der Waals surface area (Å²) in [4.78, 5) is 10.6. The summed E-state index contributed by atoms with van der Waals surface area (Å²) in [5, 5.41) is 12.7. The van der Waals surface area contributed by atoms with E-state index in [2.05, 4.69) is 21.4 Å². The molecule has 1 aliphatic rings. The monoisotopic (exact) mass is 458 g/mol. The van der Waals surface area contributed by atoms with Crippen molar-refractivity contribution in [3.8, 4) is 22.9 Å². The summed E-state index contributed by atoms with van der Waals surface area (Å²) in [6.45, 7) is 1.02. The molecular weight excluding hydrogens is 431 g/mol. The van der Waals surface area contributed by atoms with Crippen LogP contribution in [-0.2, 0) is 19.5 Å². The Hall–Kier alpha value is -3.96. The van der Waals surface area contributed by atoms with Crippen molar-refractivity contribution in [1.82, 2.24) is 19.3 Å². The van der Waals surface area contributed by atoms with Gasteiger partial charge in [-0.3, -0.25) is 4.40 Å². The van der Waals surface area contributed by atoms with Gasteiger partial charge in [-0.05, 0) is 49.8 Å². The number of benzene rings is 2. The number of aryl methyl sites for hydroxylation is 1. The first-order valence-electron chi connectivity index (χ1n) is 11.9. The van der Waals surface area contributed by atoms with E-state index in [0.717, 1.165) is 16.7 Å². The first-order valence-corrected chi connectivity index (χ1v) is 10.9. The third-order valence-electron chi connectivity index (χ3n) is 5.84. The molecule has 34 heavy (non-hydrogen) atoms. The second-order valence-electron chi connectivity index (χ2n) is 8.42. The highest BCUT2D eigenvalue weighted by molar-refractivity contribution is 5.80. The van der Waals surface area contributed by atoms with Gasteiger partial charge in [0.25, 0.3) is 0 Å². The second-order valence-corrected chi connectivity index (χ2v) is 8.42. The highest BCUT2D eigenvalue weighted by Gasteiger charge is 2.20. The van der Waals surface area contributed by atoms with Gasteiger partial charge in [0.05, 0.1) is 12.8 Å². The molecule has 0 saturated heterocycles. The van der Waals surface area contributed by atoms with E-state index < -0.39 is 6.50 Å². The van der Waals surface area contributed by atoms with Crippen LogP contribution in [0.25, 0.3) is 16.8 Å². The van der Waals surface area contributed by atoms with Crippen LogP contribution < -0.4 is 10.1 Å². The van der Waals surface area contributed by atoms with Crippen molar-refractivity contribution in [2.45, 2.75) is 26.4 Å². The molecule has 1 aliphatic heterocycles. The lowest BCUT2D eigenvalue weighted by Crippen LogP contribution is -2.11. The maximum absolute atomic E-state index is 14.6. The molecule has 8 heteroatoms. The summed E-state index contributed by atoms with van der Waals surface area (Å²) < 4.78 is 38.6. The first kappa shape index (κ1) is 19.5.